The third-order valence-corrected chi connectivity index (χ3v) is 6.09. The lowest BCUT2D eigenvalue weighted by molar-refractivity contribution is 0.640. The molecule has 0 aliphatic heterocycles. The van der Waals surface area contributed by atoms with Gasteiger partial charge in [0, 0.05) is 18.1 Å². The molecule has 0 saturated heterocycles. The predicted molar refractivity (Wildman–Crippen MR) is 107 cm³/mol. The van der Waals surface area contributed by atoms with Crippen LogP contribution in [0.1, 0.15) is 36.1 Å². The first-order chi connectivity index (χ1) is 13.2. The van der Waals surface area contributed by atoms with E-state index in [4.69, 9.17) is 4.98 Å². The van der Waals surface area contributed by atoms with Crippen molar-refractivity contribution in [3.8, 4) is 0 Å². The summed E-state index contributed by atoms with van der Waals surface area (Å²) in [5.74, 6) is 2.43. The molecule has 1 unspecified atom stereocenters. The van der Waals surface area contributed by atoms with Crippen LogP contribution in [0, 0.1) is 5.92 Å². The van der Waals surface area contributed by atoms with Gasteiger partial charge in [0.2, 0.25) is 0 Å². The number of hydrogen-bond donors (Lipinski definition) is 0. The highest BCUT2D eigenvalue weighted by Gasteiger charge is 2.34. The fraction of sp³-hybridized carbons (Fsp3) is 0.286. The molecule has 1 aliphatic rings. The van der Waals surface area contributed by atoms with E-state index in [1.54, 1.807) is 11.8 Å². The first-order valence-electron chi connectivity index (χ1n) is 9.29. The summed E-state index contributed by atoms with van der Waals surface area (Å²) in [5.41, 5.74) is 4.69. The van der Waals surface area contributed by atoms with E-state index in [9.17, 15) is 0 Å². The quantitative estimate of drug-likeness (QED) is 0.469. The van der Waals surface area contributed by atoms with E-state index in [0.29, 0.717) is 6.54 Å². The molecule has 27 heavy (non-hydrogen) atoms. The molecule has 5 nitrogen and oxygen atoms in total. The lowest BCUT2D eigenvalue weighted by Gasteiger charge is -1.99. The lowest BCUT2D eigenvalue weighted by atomic mass is 10.1. The number of thioether (sulfide) groups is 1. The molecule has 136 valence electrons. The van der Waals surface area contributed by atoms with Crippen LogP contribution in [0.5, 0.6) is 0 Å². The molecule has 1 aromatic carbocycles. The van der Waals surface area contributed by atoms with Gasteiger partial charge in [0.05, 0.1) is 18.4 Å². The van der Waals surface area contributed by atoms with E-state index >= 15 is 0 Å². The van der Waals surface area contributed by atoms with Crippen LogP contribution in [0.25, 0.3) is 5.65 Å². The zero-order valence-corrected chi connectivity index (χ0v) is 16.0. The van der Waals surface area contributed by atoms with Crippen LogP contribution in [0.15, 0.2) is 66.1 Å². The number of hydrogen-bond acceptors (Lipinski definition) is 4. The number of imidazole rings is 1. The Bertz CT molecular complexity index is 1070. The zero-order valence-electron chi connectivity index (χ0n) is 15.2. The molecule has 1 saturated carbocycles. The number of fused-ring (bicyclic) bond motifs is 1. The highest BCUT2D eigenvalue weighted by atomic mass is 32.2. The van der Waals surface area contributed by atoms with Gasteiger partial charge in [-0.1, -0.05) is 60.3 Å². The second-order valence-corrected chi connectivity index (χ2v) is 8.30. The fourth-order valence-corrected chi connectivity index (χ4v) is 4.26. The van der Waals surface area contributed by atoms with Crippen LogP contribution in [-0.4, -0.2) is 24.4 Å². The Labute approximate surface area is 162 Å². The van der Waals surface area contributed by atoms with Crippen molar-refractivity contribution in [2.24, 2.45) is 5.92 Å². The van der Waals surface area contributed by atoms with Crippen molar-refractivity contribution in [2.75, 3.05) is 0 Å². The largest absolute Gasteiger partial charge is 0.306 e. The van der Waals surface area contributed by atoms with Crippen LogP contribution in [0.4, 0.5) is 0 Å². The van der Waals surface area contributed by atoms with Gasteiger partial charge in [-0.2, -0.15) is 0 Å². The molecule has 3 heterocycles. The Hall–Kier alpha value is -2.60. The normalized spacial score (nSPS) is 18.9. The van der Waals surface area contributed by atoms with Gasteiger partial charge in [0.25, 0.3) is 0 Å². The summed E-state index contributed by atoms with van der Waals surface area (Å²) in [7, 11) is 0. The predicted octanol–water partition coefficient (Wildman–Crippen LogP) is 4.39. The average Bonchev–Trinajstić information content (AvgIpc) is 3.08. The SMILES string of the molecule is C[C@@H]1CC1c1ccc2nc(Cn3cc(SCc4ccccc4)nn3)cn2c1. The van der Waals surface area contributed by atoms with Gasteiger partial charge < -0.3 is 4.40 Å². The number of aromatic nitrogens is 5. The van der Waals surface area contributed by atoms with Crippen LogP contribution in [0.2, 0.25) is 0 Å². The molecule has 0 spiro atoms. The average molecular weight is 376 g/mol. The Kier molecular flexibility index (Phi) is 4.20. The van der Waals surface area contributed by atoms with E-state index < -0.39 is 0 Å². The van der Waals surface area contributed by atoms with E-state index in [1.807, 2.05) is 16.9 Å². The van der Waals surface area contributed by atoms with Gasteiger partial charge >= 0.3 is 0 Å². The topological polar surface area (TPSA) is 48.0 Å². The number of pyridine rings is 1. The third kappa shape index (κ3) is 3.62. The van der Waals surface area contributed by atoms with Crippen LogP contribution < -0.4 is 0 Å². The molecule has 0 N–H and O–H groups in total. The van der Waals surface area contributed by atoms with Crippen molar-refractivity contribution in [3.63, 3.8) is 0 Å². The molecule has 3 aromatic heterocycles. The maximum atomic E-state index is 4.72. The molecule has 0 radical (unpaired) electrons. The Morgan fingerprint density at radius 3 is 2.74 bits per heavy atom. The second-order valence-electron chi connectivity index (χ2n) is 7.31. The van der Waals surface area contributed by atoms with Gasteiger partial charge in [-0.15, -0.1) is 5.10 Å². The minimum absolute atomic E-state index is 0.635. The van der Waals surface area contributed by atoms with Gasteiger partial charge in [-0.25, -0.2) is 9.67 Å². The second kappa shape index (κ2) is 6.85. The van der Waals surface area contributed by atoms with Crippen LogP contribution in [-0.2, 0) is 12.3 Å². The molecular formula is C21H21N5S. The standard InChI is InChI=1S/C21H21N5S/c1-15-9-19(15)17-7-8-20-22-18(11-25(20)10-17)12-26-13-21(23-24-26)27-14-16-5-3-2-4-6-16/h2-8,10-11,13,15,19H,9,12,14H2,1H3/t15-,19?/m1/s1. The molecule has 4 aromatic rings. The molecule has 1 aliphatic carbocycles. The Balaban J connectivity index is 1.27. The summed E-state index contributed by atoms with van der Waals surface area (Å²) in [6.07, 6.45) is 7.62. The number of nitrogens with zero attached hydrogens (tertiary/aromatic N) is 5. The van der Waals surface area contributed by atoms with Gasteiger partial charge in [-0.3, -0.25) is 0 Å². The van der Waals surface area contributed by atoms with Crippen molar-refractivity contribution in [2.45, 2.75) is 36.6 Å². The smallest absolute Gasteiger partial charge is 0.139 e. The highest BCUT2D eigenvalue weighted by Crippen LogP contribution is 2.46. The van der Waals surface area contributed by atoms with Crippen molar-refractivity contribution >= 4 is 17.4 Å². The van der Waals surface area contributed by atoms with E-state index in [0.717, 1.165) is 34.0 Å². The maximum absolute atomic E-state index is 4.72. The minimum Gasteiger partial charge on any atom is -0.306 e. The number of benzene rings is 1. The summed E-state index contributed by atoms with van der Waals surface area (Å²) in [4.78, 5) is 4.72. The molecule has 2 atom stereocenters. The molecule has 6 heteroatoms. The van der Waals surface area contributed by atoms with Crippen molar-refractivity contribution in [3.05, 3.63) is 77.9 Å². The monoisotopic (exact) mass is 375 g/mol. The van der Waals surface area contributed by atoms with Crippen molar-refractivity contribution in [1.29, 1.82) is 0 Å². The van der Waals surface area contributed by atoms with Gasteiger partial charge in [0.15, 0.2) is 0 Å². The summed E-state index contributed by atoms with van der Waals surface area (Å²) < 4.78 is 4.00. The Morgan fingerprint density at radius 1 is 1.07 bits per heavy atom. The molecule has 5 rings (SSSR count). The first kappa shape index (κ1) is 16.6. The molecule has 0 bridgehead atoms. The lowest BCUT2D eigenvalue weighted by Crippen LogP contribution is -2.00. The van der Waals surface area contributed by atoms with Crippen molar-refractivity contribution < 1.29 is 0 Å². The third-order valence-electron chi connectivity index (χ3n) is 5.13. The highest BCUT2D eigenvalue weighted by molar-refractivity contribution is 7.98. The number of rotatable bonds is 6. The zero-order chi connectivity index (χ0) is 18.2. The first-order valence-corrected chi connectivity index (χ1v) is 10.3. The summed E-state index contributed by atoms with van der Waals surface area (Å²) in [6.45, 7) is 2.95. The Morgan fingerprint density at radius 2 is 1.93 bits per heavy atom. The van der Waals surface area contributed by atoms with Crippen LogP contribution >= 0.6 is 11.8 Å². The molecular weight excluding hydrogens is 354 g/mol. The fourth-order valence-electron chi connectivity index (χ4n) is 3.47. The maximum Gasteiger partial charge on any atom is 0.139 e. The van der Waals surface area contributed by atoms with Crippen LogP contribution in [0.3, 0.4) is 0 Å². The molecule has 0 amide bonds. The summed E-state index contributed by atoms with van der Waals surface area (Å²) >= 11 is 1.70. The molecule has 1 fully saturated rings. The van der Waals surface area contributed by atoms with E-state index in [2.05, 4.69) is 70.4 Å². The minimum atomic E-state index is 0.635. The van der Waals surface area contributed by atoms with Crippen molar-refractivity contribution in [1.82, 2.24) is 24.4 Å². The summed E-state index contributed by atoms with van der Waals surface area (Å²) in [5, 5.41) is 9.47. The van der Waals surface area contributed by atoms with Gasteiger partial charge in [0.1, 0.15) is 10.7 Å². The van der Waals surface area contributed by atoms with E-state index in [1.165, 1.54) is 17.5 Å². The van der Waals surface area contributed by atoms with Gasteiger partial charge in [-0.05, 0) is 35.4 Å². The summed E-state index contributed by atoms with van der Waals surface area (Å²) in [6, 6.07) is 14.8. The van der Waals surface area contributed by atoms with E-state index in [-0.39, 0.29) is 0 Å².